The average molecular weight is 254 g/mol. The van der Waals surface area contributed by atoms with Gasteiger partial charge in [0.05, 0.1) is 0 Å². The molecule has 2 rings (SSSR count). The highest BCUT2D eigenvalue weighted by Gasteiger charge is 2.17. The van der Waals surface area contributed by atoms with E-state index in [1.807, 2.05) is 13.0 Å². The highest BCUT2D eigenvalue weighted by atomic mass is 14.9. The van der Waals surface area contributed by atoms with Gasteiger partial charge in [0.25, 0.3) is 0 Å². The number of aliphatic imine (C=N–C) groups is 1. The maximum atomic E-state index is 4.11. The van der Waals surface area contributed by atoms with Gasteiger partial charge in [-0.25, -0.2) is 0 Å². The summed E-state index contributed by atoms with van der Waals surface area (Å²) >= 11 is 0. The Morgan fingerprint density at radius 1 is 1.32 bits per heavy atom. The molecule has 0 aliphatic heterocycles. The zero-order valence-electron chi connectivity index (χ0n) is 12.1. The number of nitrogens with zero attached hydrogens (tertiary/aromatic N) is 1. The van der Waals surface area contributed by atoms with E-state index >= 15 is 0 Å². The van der Waals surface area contributed by atoms with Crippen LogP contribution in [0, 0.1) is 6.92 Å². The van der Waals surface area contributed by atoms with Crippen LogP contribution >= 0.6 is 0 Å². The van der Waals surface area contributed by atoms with Gasteiger partial charge < -0.3 is 5.32 Å². The molecule has 0 radical (unpaired) electrons. The number of anilines is 1. The molecule has 2 heteroatoms. The highest BCUT2D eigenvalue weighted by Crippen LogP contribution is 2.32. The highest BCUT2D eigenvalue weighted by molar-refractivity contribution is 5.74. The largest absolute Gasteiger partial charge is 0.356 e. The number of nitrogens with one attached hydrogen (secondary N) is 1. The van der Waals surface area contributed by atoms with Gasteiger partial charge in [0.15, 0.2) is 0 Å². The molecule has 100 valence electrons. The molecule has 1 aromatic carbocycles. The van der Waals surface area contributed by atoms with Crippen molar-refractivity contribution in [3.63, 3.8) is 0 Å². The summed E-state index contributed by atoms with van der Waals surface area (Å²) in [4.78, 5) is 3.96. The maximum absolute atomic E-state index is 4.11. The van der Waals surface area contributed by atoms with Crippen molar-refractivity contribution in [2.75, 3.05) is 12.4 Å². The molecule has 0 saturated carbocycles. The van der Waals surface area contributed by atoms with Crippen LogP contribution in [0.5, 0.6) is 0 Å². The summed E-state index contributed by atoms with van der Waals surface area (Å²) in [7, 11) is 1.77. The number of aryl methyl sites for hydroxylation is 1. The van der Waals surface area contributed by atoms with Gasteiger partial charge in [-0.15, -0.1) is 0 Å². The third kappa shape index (κ3) is 2.95. The van der Waals surface area contributed by atoms with Crippen LogP contribution in [0.25, 0.3) is 0 Å². The zero-order chi connectivity index (χ0) is 13.8. The molecule has 0 amide bonds. The van der Waals surface area contributed by atoms with E-state index in [1.165, 1.54) is 41.6 Å². The van der Waals surface area contributed by atoms with Crippen LogP contribution in [-0.4, -0.2) is 13.3 Å². The standard InChI is InChI=1S/C17H22N2/c1-12(10-11-18-4)14(3)19-17-9-8-13(2)15-6-5-7-16(15)17/h8-11,19H,3,5-7H2,1-2,4H3/b12-10+,18-11-. The van der Waals surface area contributed by atoms with Crippen LogP contribution < -0.4 is 5.32 Å². The Hall–Kier alpha value is -1.83. The molecule has 0 heterocycles. The van der Waals surface area contributed by atoms with Gasteiger partial charge >= 0.3 is 0 Å². The van der Waals surface area contributed by atoms with Crippen molar-refractivity contribution in [1.82, 2.24) is 0 Å². The third-order valence-corrected chi connectivity index (χ3v) is 3.75. The van der Waals surface area contributed by atoms with E-state index in [0.29, 0.717) is 0 Å². The fourth-order valence-corrected chi connectivity index (χ4v) is 2.55. The molecule has 0 fully saturated rings. The summed E-state index contributed by atoms with van der Waals surface area (Å²) in [6.45, 7) is 8.36. The number of hydrogen-bond donors (Lipinski definition) is 1. The van der Waals surface area contributed by atoms with Gasteiger partial charge in [0.2, 0.25) is 0 Å². The molecule has 0 spiro atoms. The Bertz CT molecular complexity index is 551. The van der Waals surface area contributed by atoms with Gasteiger partial charge in [-0.3, -0.25) is 4.99 Å². The van der Waals surface area contributed by atoms with Crippen molar-refractivity contribution < 1.29 is 0 Å². The lowest BCUT2D eigenvalue weighted by atomic mass is 10.0. The fraction of sp³-hybridized carbons (Fsp3) is 0.353. The summed E-state index contributed by atoms with van der Waals surface area (Å²) in [6, 6.07) is 4.37. The lowest BCUT2D eigenvalue weighted by Gasteiger charge is -2.15. The van der Waals surface area contributed by atoms with Crippen LogP contribution in [0.3, 0.4) is 0 Å². The maximum Gasteiger partial charge on any atom is 0.0419 e. The number of fused-ring (bicyclic) bond motifs is 1. The predicted octanol–water partition coefficient (Wildman–Crippen LogP) is 4.06. The van der Waals surface area contributed by atoms with Crippen molar-refractivity contribution in [2.24, 2.45) is 4.99 Å². The number of rotatable bonds is 4. The second-order valence-electron chi connectivity index (χ2n) is 5.10. The van der Waals surface area contributed by atoms with Crippen LogP contribution in [0.1, 0.15) is 30.0 Å². The van der Waals surface area contributed by atoms with Crippen molar-refractivity contribution in [2.45, 2.75) is 33.1 Å². The molecule has 19 heavy (non-hydrogen) atoms. The lowest BCUT2D eigenvalue weighted by Crippen LogP contribution is -2.03. The topological polar surface area (TPSA) is 24.4 Å². The molecule has 0 unspecified atom stereocenters. The molecule has 2 nitrogen and oxygen atoms in total. The van der Waals surface area contributed by atoms with Gasteiger partial charge in [-0.2, -0.15) is 0 Å². The summed E-state index contributed by atoms with van der Waals surface area (Å²) in [5.41, 5.74) is 7.67. The van der Waals surface area contributed by atoms with Gasteiger partial charge in [0, 0.05) is 24.6 Å². The van der Waals surface area contributed by atoms with E-state index in [9.17, 15) is 0 Å². The molecule has 0 bridgehead atoms. The molecule has 1 aliphatic carbocycles. The Labute approximate surface area is 116 Å². The molecule has 0 saturated heterocycles. The van der Waals surface area contributed by atoms with Gasteiger partial charge in [-0.1, -0.05) is 12.6 Å². The van der Waals surface area contributed by atoms with Gasteiger partial charge in [0.1, 0.15) is 0 Å². The fourth-order valence-electron chi connectivity index (χ4n) is 2.55. The predicted molar refractivity (Wildman–Crippen MR) is 84.1 cm³/mol. The summed E-state index contributed by atoms with van der Waals surface area (Å²) in [6.07, 6.45) is 7.41. The number of hydrogen-bond acceptors (Lipinski definition) is 2. The molecule has 0 atom stereocenters. The lowest BCUT2D eigenvalue weighted by molar-refractivity contribution is 0.909. The molecule has 1 aliphatic rings. The minimum atomic E-state index is 0.942. The van der Waals surface area contributed by atoms with E-state index in [-0.39, 0.29) is 0 Å². The third-order valence-electron chi connectivity index (χ3n) is 3.75. The van der Waals surface area contributed by atoms with Crippen molar-refractivity contribution in [1.29, 1.82) is 0 Å². The van der Waals surface area contributed by atoms with Crippen LogP contribution in [0.2, 0.25) is 0 Å². The molecule has 0 aromatic heterocycles. The number of allylic oxidation sites excluding steroid dienone is 2. The van der Waals surface area contributed by atoms with E-state index in [2.05, 4.69) is 35.9 Å². The molecule has 1 N–H and O–H groups in total. The number of benzene rings is 1. The van der Waals surface area contributed by atoms with Crippen molar-refractivity contribution >= 4 is 11.9 Å². The van der Waals surface area contributed by atoms with Crippen LogP contribution in [-0.2, 0) is 12.8 Å². The SMILES string of the molecule is C=C(Nc1ccc(C)c2c1CCC2)/C(C)=C/C=N\C. The normalized spacial score (nSPS) is 14.8. The molecular formula is C17H22N2. The van der Waals surface area contributed by atoms with Crippen LogP contribution in [0.15, 0.2) is 41.1 Å². The second-order valence-corrected chi connectivity index (χ2v) is 5.10. The Morgan fingerprint density at radius 2 is 2.05 bits per heavy atom. The van der Waals surface area contributed by atoms with Crippen LogP contribution in [0.4, 0.5) is 5.69 Å². The second kappa shape index (κ2) is 5.87. The monoisotopic (exact) mass is 254 g/mol. The van der Waals surface area contributed by atoms with E-state index in [0.717, 1.165) is 11.3 Å². The first-order chi connectivity index (χ1) is 9.13. The zero-order valence-corrected chi connectivity index (χ0v) is 12.1. The van der Waals surface area contributed by atoms with E-state index in [4.69, 9.17) is 0 Å². The first kappa shape index (κ1) is 13.6. The Kier molecular flexibility index (Phi) is 4.20. The first-order valence-electron chi connectivity index (χ1n) is 6.80. The summed E-state index contributed by atoms with van der Waals surface area (Å²) < 4.78 is 0. The summed E-state index contributed by atoms with van der Waals surface area (Å²) in [5.74, 6) is 0. The quantitative estimate of drug-likeness (QED) is 0.636. The molecular weight excluding hydrogens is 232 g/mol. The Balaban J connectivity index is 2.21. The van der Waals surface area contributed by atoms with E-state index in [1.54, 1.807) is 13.3 Å². The van der Waals surface area contributed by atoms with Crippen molar-refractivity contribution in [3.05, 3.63) is 52.7 Å². The van der Waals surface area contributed by atoms with Crippen molar-refractivity contribution in [3.8, 4) is 0 Å². The van der Waals surface area contributed by atoms with Gasteiger partial charge in [-0.05, 0) is 67.5 Å². The molecule has 1 aromatic rings. The minimum Gasteiger partial charge on any atom is -0.356 e. The smallest absolute Gasteiger partial charge is 0.0419 e. The van der Waals surface area contributed by atoms with E-state index < -0.39 is 0 Å². The summed E-state index contributed by atoms with van der Waals surface area (Å²) in [5, 5.41) is 3.45. The minimum absolute atomic E-state index is 0.942. The Morgan fingerprint density at radius 3 is 2.79 bits per heavy atom. The average Bonchev–Trinajstić information content (AvgIpc) is 2.89. The first-order valence-corrected chi connectivity index (χ1v) is 6.80.